The maximum Gasteiger partial charge on any atom is 0.0584 e. The van der Waals surface area contributed by atoms with Crippen LogP contribution in [0, 0.1) is 0 Å². The predicted molar refractivity (Wildman–Crippen MR) is 43.1 cm³/mol. The lowest BCUT2D eigenvalue weighted by molar-refractivity contribution is 0.240. The molecule has 0 spiro atoms. The van der Waals surface area contributed by atoms with Crippen molar-refractivity contribution in [1.82, 2.24) is 10.6 Å². The summed E-state index contributed by atoms with van der Waals surface area (Å²) in [5.74, 6) is 0. The molecule has 0 radical (unpaired) electrons. The van der Waals surface area contributed by atoms with Crippen molar-refractivity contribution >= 4 is 0 Å². The molecule has 0 aliphatic carbocycles. The van der Waals surface area contributed by atoms with Crippen molar-refractivity contribution < 1.29 is 5.11 Å². The predicted octanol–water partition coefficient (Wildman–Crippen LogP) is -0.434. The van der Waals surface area contributed by atoms with Crippen LogP contribution in [0.3, 0.4) is 0 Å². The molecule has 3 nitrogen and oxygen atoms in total. The summed E-state index contributed by atoms with van der Waals surface area (Å²) in [4.78, 5) is 0. The first-order chi connectivity index (χ1) is 4.85. The van der Waals surface area contributed by atoms with E-state index in [1.54, 1.807) is 0 Å². The van der Waals surface area contributed by atoms with Gasteiger partial charge >= 0.3 is 0 Å². The van der Waals surface area contributed by atoms with Crippen molar-refractivity contribution in [2.45, 2.75) is 18.9 Å². The van der Waals surface area contributed by atoms with Crippen LogP contribution in [0.1, 0.15) is 12.8 Å². The molecule has 0 amide bonds. The summed E-state index contributed by atoms with van der Waals surface area (Å²) in [6.45, 7) is 1.26. The summed E-state index contributed by atoms with van der Waals surface area (Å²) in [6, 6.07) is 0.272. The highest BCUT2D eigenvalue weighted by Crippen LogP contribution is 1.93. The average molecular weight is 146 g/mol. The van der Waals surface area contributed by atoms with E-state index in [1.165, 1.54) is 0 Å². The van der Waals surface area contributed by atoms with Crippen molar-refractivity contribution in [3.8, 4) is 0 Å². The first-order valence-electron chi connectivity index (χ1n) is 3.77. The molecule has 0 aromatic heterocycles. The normalized spacial score (nSPS) is 13.5. The molecule has 0 bridgehead atoms. The summed E-state index contributed by atoms with van der Waals surface area (Å²) < 4.78 is 0. The van der Waals surface area contributed by atoms with Gasteiger partial charge in [0.1, 0.15) is 0 Å². The molecule has 0 unspecified atom stereocenters. The Morgan fingerprint density at radius 2 is 2.10 bits per heavy atom. The Labute approximate surface area is 62.8 Å². The smallest absolute Gasteiger partial charge is 0.0584 e. The first-order valence-corrected chi connectivity index (χ1v) is 3.77. The molecule has 0 heterocycles. The van der Waals surface area contributed by atoms with Gasteiger partial charge in [0.25, 0.3) is 0 Å². The molecule has 0 rings (SSSR count). The minimum atomic E-state index is 0.236. The Kier molecular flexibility index (Phi) is 6.91. The van der Waals surface area contributed by atoms with Gasteiger partial charge in [-0.3, -0.25) is 0 Å². The molecule has 3 N–H and O–H groups in total. The fourth-order valence-electron chi connectivity index (χ4n) is 0.852. The largest absolute Gasteiger partial charge is 0.395 e. The molecule has 0 saturated carbocycles. The summed E-state index contributed by atoms with van der Waals surface area (Å²) in [5.41, 5.74) is 0. The monoisotopic (exact) mass is 146 g/mol. The molecule has 0 aliphatic rings. The Bertz CT molecular complexity index is 64.6. The highest BCUT2D eigenvalue weighted by atomic mass is 16.3. The van der Waals surface area contributed by atoms with Crippen LogP contribution < -0.4 is 10.6 Å². The second-order valence-electron chi connectivity index (χ2n) is 2.41. The van der Waals surface area contributed by atoms with Gasteiger partial charge in [0.05, 0.1) is 6.61 Å². The number of hydrogen-bond acceptors (Lipinski definition) is 3. The third-order valence-corrected chi connectivity index (χ3v) is 1.61. The van der Waals surface area contributed by atoms with Crippen molar-refractivity contribution in [1.29, 1.82) is 0 Å². The van der Waals surface area contributed by atoms with E-state index in [0.717, 1.165) is 19.4 Å². The lowest BCUT2D eigenvalue weighted by Crippen LogP contribution is -2.29. The Balaban J connectivity index is 3.09. The number of rotatable bonds is 6. The summed E-state index contributed by atoms with van der Waals surface area (Å²) >= 11 is 0. The Hall–Kier alpha value is -0.120. The van der Waals surface area contributed by atoms with Crippen LogP contribution in [-0.4, -0.2) is 38.4 Å². The van der Waals surface area contributed by atoms with E-state index in [-0.39, 0.29) is 12.6 Å². The van der Waals surface area contributed by atoms with Crippen LogP contribution in [0.25, 0.3) is 0 Å². The van der Waals surface area contributed by atoms with Crippen molar-refractivity contribution in [2.75, 3.05) is 27.2 Å². The van der Waals surface area contributed by atoms with Crippen LogP contribution in [0.15, 0.2) is 0 Å². The number of aliphatic hydroxyl groups is 1. The van der Waals surface area contributed by atoms with Crippen molar-refractivity contribution in [2.24, 2.45) is 0 Å². The quantitative estimate of drug-likeness (QED) is 0.445. The van der Waals surface area contributed by atoms with E-state index in [2.05, 4.69) is 10.6 Å². The number of likely N-dealkylation sites (N-methyl/N-ethyl adjacent to an activating group) is 1. The summed E-state index contributed by atoms with van der Waals surface area (Å²) in [6.07, 6.45) is 2.15. The fraction of sp³-hybridized carbons (Fsp3) is 1.00. The van der Waals surface area contributed by atoms with E-state index in [4.69, 9.17) is 5.11 Å². The van der Waals surface area contributed by atoms with Gasteiger partial charge in [0, 0.05) is 6.04 Å². The molecule has 62 valence electrons. The highest BCUT2D eigenvalue weighted by molar-refractivity contribution is 4.62. The van der Waals surface area contributed by atoms with Gasteiger partial charge < -0.3 is 15.7 Å². The third-order valence-electron chi connectivity index (χ3n) is 1.61. The molecule has 0 aromatic carbocycles. The van der Waals surface area contributed by atoms with Gasteiger partial charge in [-0.1, -0.05) is 0 Å². The van der Waals surface area contributed by atoms with Crippen LogP contribution >= 0.6 is 0 Å². The molecular weight excluding hydrogens is 128 g/mol. The SMILES string of the molecule is CNCCC[C@@H](CO)NC. The van der Waals surface area contributed by atoms with Gasteiger partial charge in [0.2, 0.25) is 0 Å². The van der Waals surface area contributed by atoms with Crippen molar-refractivity contribution in [3.05, 3.63) is 0 Å². The maximum atomic E-state index is 8.74. The lowest BCUT2D eigenvalue weighted by Gasteiger charge is -2.11. The first kappa shape index (κ1) is 9.88. The van der Waals surface area contributed by atoms with Crippen LogP contribution in [0.4, 0.5) is 0 Å². The van der Waals surface area contributed by atoms with E-state index < -0.39 is 0 Å². The molecule has 0 aliphatic heterocycles. The van der Waals surface area contributed by atoms with Gasteiger partial charge in [-0.05, 0) is 33.5 Å². The van der Waals surface area contributed by atoms with Crippen LogP contribution in [0.2, 0.25) is 0 Å². The fourth-order valence-corrected chi connectivity index (χ4v) is 0.852. The molecule has 0 saturated heterocycles. The Morgan fingerprint density at radius 3 is 2.50 bits per heavy atom. The number of hydrogen-bond donors (Lipinski definition) is 3. The minimum Gasteiger partial charge on any atom is -0.395 e. The zero-order chi connectivity index (χ0) is 7.82. The van der Waals surface area contributed by atoms with Crippen molar-refractivity contribution in [3.63, 3.8) is 0 Å². The average Bonchev–Trinajstić information content (AvgIpc) is 1.99. The topological polar surface area (TPSA) is 44.3 Å². The van der Waals surface area contributed by atoms with Crippen LogP contribution in [-0.2, 0) is 0 Å². The summed E-state index contributed by atoms with van der Waals surface area (Å²) in [7, 11) is 3.81. The zero-order valence-electron chi connectivity index (χ0n) is 6.85. The van der Waals surface area contributed by atoms with Crippen LogP contribution in [0.5, 0.6) is 0 Å². The van der Waals surface area contributed by atoms with Gasteiger partial charge in [0.15, 0.2) is 0 Å². The second-order valence-corrected chi connectivity index (χ2v) is 2.41. The molecular formula is C7H18N2O. The van der Waals surface area contributed by atoms with Gasteiger partial charge in [-0.15, -0.1) is 0 Å². The maximum absolute atomic E-state index is 8.74. The standard InChI is InChI=1S/C7H18N2O/c1-8-5-3-4-7(6-10)9-2/h7-10H,3-6H2,1-2H3/t7-/m0/s1. The van der Waals surface area contributed by atoms with E-state index in [1.807, 2.05) is 14.1 Å². The van der Waals surface area contributed by atoms with Gasteiger partial charge in [-0.25, -0.2) is 0 Å². The molecule has 10 heavy (non-hydrogen) atoms. The molecule has 1 atom stereocenters. The third kappa shape index (κ3) is 4.73. The summed E-state index contributed by atoms with van der Waals surface area (Å²) in [5, 5.41) is 14.8. The number of nitrogens with one attached hydrogen (secondary N) is 2. The molecule has 0 fully saturated rings. The highest BCUT2D eigenvalue weighted by Gasteiger charge is 2.01. The van der Waals surface area contributed by atoms with Gasteiger partial charge in [-0.2, -0.15) is 0 Å². The number of aliphatic hydroxyl groups excluding tert-OH is 1. The van der Waals surface area contributed by atoms with E-state index in [0.29, 0.717) is 0 Å². The molecule has 3 heteroatoms. The lowest BCUT2D eigenvalue weighted by atomic mass is 10.2. The zero-order valence-corrected chi connectivity index (χ0v) is 6.85. The van der Waals surface area contributed by atoms with E-state index in [9.17, 15) is 0 Å². The Morgan fingerprint density at radius 1 is 1.40 bits per heavy atom. The second kappa shape index (κ2) is 6.99. The van der Waals surface area contributed by atoms with E-state index >= 15 is 0 Å². The minimum absolute atomic E-state index is 0.236. The molecule has 0 aromatic rings.